The van der Waals surface area contributed by atoms with Crippen molar-refractivity contribution in [3.05, 3.63) is 72.8 Å². The molecule has 0 saturated heterocycles. The number of allylic oxidation sites excluding steroid dienone is 1. The zero-order valence-corrected chi connectivity index (χ0v) is 20.4. The molecule has 0 unspecified atom stereocenters. The average molecular weight is 495 g/mol. The van der Waals surface area contributed by atoms with Gasteiger partial charge in [0.1, 0.15) is 5.54 Å². The Bertz CT molecular complexity index is 1450. The maximum Gasteiger partial charge on any atom is 0.182 e. The van der Waals surface area contributed by atoms with Gasteiger partial charge in [0.25, 0.3) is 0 Å². The van der Waals surface area contributed by atoms with E-state index in [9.17, 15) is 16.8 Å². The number of rotatable bonds is 4. The highest BCUT2D eigenvalue weighted by Gasteiger charge is 2.86. The largest absolute Gasteiger partial charge is 0.223 e. The van der Waals surface area contributed by atoms with Gasteiger partial charge in [-0.2, -0.15) is 10.2 Å². The van der Waals surface area contributed by atoms with E-state index in [2.05, 4.69) is 17.3 Å². The Kier molecular flexibility index (Phi) is 3.99. The van der Waals surface area contributed by atoms with E-state index in [0.29, 0.717) is 6.42 Å². The lowest BCUT2D eigenvalue weighted by atomic mass is 9.54. The van der Waals surface area contributed by atoms with Crippen LogP contribution in [0.2, 0.25) is 0 Å². The van der Waals surface area contributed by atoms with E-state index in [-0.39, 0.29) is 39.5 Å². The summed E-state index contributed by atoms with van der Waals surface area (Å²) in [4.78, 5) is 0.380. The lowest BCUT2D eigenvalue weighted by molar-refractivity contribution is 0.0480. The quantitative estimate of drug-likeness (QED) is 0.598. The molecule has 1 aliphatic heterocycles. The van der Waals surface area contributed by atoms with Crippen molar-refractivity contribution >= 4 is 19.7 Å². The molecule has 6 nitrogen and oxygen atoms in total. The van der Waals surface area contributed by atoms with Crippen LogP contribution in [0, 0.1) is 29.1 Å². The number of hydrogen-bond acceptors (Lipinski definition) is 6. The average Bonchev–Trinajstić information content (AvgIpc) is 3.64. The smallest absolute Gasteiger partial charge is 0.182 e. The first-order chi connectivity index (χ1) is 16.3. The van der Waals surface area contributed by atoms with Crippen molar-refractivity contribution in [1.82, 2.24) is 0 Å². The fraction of sp³-hybridized carbons (Fsp3) is 0.462. The number of azo groups is 1. The summed E-state index contributed by atoms with van der Waals surface area (Å²) in [6.07, 6.45) is 5.88. The molecule has 34 heavy (non-hydrogen) atoms. The highest BCUT2D eigenvalue weighted by atomic mass is 32.2. The zero-order chi connectivity index (χ0) is 23.5. The summed E-state index contributed by atoms with van der Waals surface area (Å²) >= 11 is 0. The predicted molar refractivity (Wildman–Crippen MR) is 127 cm³/mol. The molecule has 0 amide bonds. The molecular formula is C26H26N2O4S2. The van der Waals surface area contributed by atoms with Crippen molar-refractivity contribution in [2.45, 2.75) is 51.6 Å². The van der Waals surface area contributed by atoms with Crippen LogP contribution in [0.5, 0.6) is 0 Å². The van der Waals surface area contributed by atoms with E-state index in [0.717, 1.165) is 6.42 Å². The SMILES string of the molecule is C[C@@H]1N=N[C@]23[C@H]4C=C[C@@H](C4)[C@]12[C@H]1C[C@H]3[C@@H](S(=O)(=O)c2ccccc2)[C@@H]1S(=O)(=O)c1ccccc1. The molecule has 2 aromatic rings. The van der Waals surface area contributed by atoms with Gasteiger partial charge in [0.2, 0.25) is 0 Å². The molecule has 4 bridgehead atoms. The first kappa shape index (κ1) is 21.0. The normalized spacial score (nSPS) is 43.4. The van der Waals surface area contributed by atoms with Gasteiger partial charge in [-0.1, -0.05) is 48.6 Å². The maximum absolute atomic E-state index is 14.3. The zero-order valence-electron chi connectivity index (χ0n) is 18.7. The first-order valence-corrected chi connectivity index (χ1v) is 15.0. The molecular weight excluding hydrogens is 468 g/mol. The lowest BCUT2D eigenvalue weighted by Crippen LogP contribution is -2.65. The van der Waals surface area contributed by atoms with Crippen LogP contribution in [-0.2, 0) is 19.7 Å². The van der Waals surface area contributed by atoms with Crippen LogP contribution in [0.25, 0.3) is 0 Å². The summed E-state index contributed by atoms with van der Waals surface area (Å²) in [7, 11) is -7.86. The third-order valence-corrected chi connectivity index (χ3v) is 14.4. The molecule has 0 spiro atoms. The van der Waals surface area contributed by atoms with Crippen molar-refractivity contribution in [2.75, 3.05) is 0 Å². The third kappa shape index (κ3) is 2.11. The van der Waals surface area contributed by atoms with Gasteiger partial charge in [-0.3, -0.25) is 0 Å². The van der Waals surface area contributed by atoms with Gasteiger partial charge in [-0.25, -0.2) is 16.8 Å². The third-order valence-electron chi connectivity index (χ3n) is 9.71. The Balaban J connectivity index is 1.49. The first-order valence-electron chi connectivity index (χ1n) is 12.0. The standard InChI is InChI=1S/C26H26N2O4S2/c1-16-25-17-12-13-18(14-17)26(25,28-27-16)22-15-21(25)23(33(29,30)19-8-4-2-5-9-19)24(22)34(31,32)20-10-6-3-7-11-20/h2-13,16-18,21-24H,14-15H2,1H3/t16-,17-,18-,21-,22-,23+,24+,25-,26-/m0/s1. The number of nitrogens with zero attached hydrogens (tertiary/aromatic N) is 2. The van der Waals surface area contributed by atoms with Crippen molar-refractivity contribution < 1.29 is 16.8 Å². The molecule has 0 radical (unpaired) electrons. The Morgan fingerprint density at radius 1 is 0.735 bits per heavy atom. The van der Waals surface area contributed by atoms with Gasteiger partial charge >= 0.3 is 0 Å². The Morgan fingerprint density at radius 2 is 1.26 bits per heavy atom. The molecule has 3 fully saturated rings. The fourth-order valence-corrected chi connectivity index (χ4v) is 14.0. The molecule has 9 atom stereocenters. The minimum atomic E-state index is -3.93. The number of benzene rings is 2. The molecule has 1 heterocycles. The summed E-state index contributed by atoms with van der Waals surface area (Å²) in [5.41, 5.74) is -1.04. The number of fused-ring (bicyclic) bond motifs is 4. The predicted octanol–water partition coefficient (Wildman–Crippen LogP) is 4.11. The number of sulfone groups is 2. The van der Waals surface area contributed by atoms with Crippen molar-refractivity contribution in [2.24, 2.45) is 39.3 Å². The van der Waals surface area contributed by atoms with Crippen LogP contribution in [0.1, 0.15) is 19.8 Å². The molecule has 8 heteroatoms. The molecule has 2 aromatic carbocycles. The van der Waals surface area contributed by atoms with Gasteiger partial charge in [0, 0.05) is 17.3 Å². The van der Waals surface area contributed by atoms with Crippen LogP contribution < -0.4 is 0 Å². The monoisotopic (exact) mass is 494 g/mol. The van der Waals surface area contributed by atoms with Crippen LogP contribution in [0.3, 0.4) is 0 Å². The van der Waals surface area contributed by atoms with Gasteiger partial charge in [0.15, 0.2) is 19.7 Å². The molecule has 0 N–H and O–H groups in total. The second kappa shape index (κ2) is 6.46. The molecule has 4 aliphatic carbocycles. The molecule has 3 saturated carbocycles. The summed E-state index contributed by atoms with van der Waals surface area (Å²) < 4.78 is 56.9. The minimum absolute atomic E-state index is 0.120. The second-order valence-corrected chi connectivity index (χ2v) is 14.8. The maximum atomic E-state index is 14.3. The van der Waals surface area contributed by atoms with Crippen molar-refractivity contribution in [3.63, 3.8) is 0 Å². The minimum Gasteiger partial charge on any atom is -0.223 e. The van der Waals surface area contributed by atoms with E-state index in [4.69, 9.17) is 5.11 Å². The van der Waals surface area contributed by atoms with Crippen molar-refractivity contribution in [3.8, 4) is 0 Å². The van der Waals surface area contributed by atoms with Gasteiger partial charge in [-0.15, -0.1) is 0 Å². The molecule has 7 rings (SSSR count). The molecule has 176 valence electrons. The Labute approximate surface area is 200 Å². The topological polar surface area (TPSA) is 93.0 Å². The Morgan fingerprint density at radius 3 is 1.85 bits per heavy atom. The summed E-state index contributed by atoms with van der Waals surface area (Å²) in [5, 5.41) is 7.47. The fourth-order valence-electron chi connectivity index (χ4n) is 8.85. The van der Waals surface area contributed by atoms with E-state index in [1.807, 2.05) is 6.92 Å². The summed E-state index contributed by atoms with van der Waals surface area (Å²) in [6.45, 7) is 2.05. The lowest BCUT2D eigenvalue weighted by Gasteiger charge is -2.53. The van der Waals surface area contributed by atoms with E-state index in [1.54, 1.807) is 60.7 Å². The van der Waals surface area contributed by atoms with Gasteiger partial charge < -0.3 is 0 Å². The number of hydrogen-bond donors (Lipinski definition) is 0. The highest BCUT2D eigenvalue weighted by molar-refractivity contribution is 7.96. The van der Waals surface area contributed by atoms with E-state index >= 15 is 0 Å². The second-order valence-electron chi connectivity index (χ2n) is 10.6. The van der Waals surface area contributed by atoms with Crippen LogP contribution in [0.4, 0.5) is 0 Å². The summed E-state index contributed by atoms with van der Waals surface area (Å²) in [6, 6.07) is 16.6. The van der Waals surface area contributed by atoms with E-state index < -0.39 is 41.1 Å². The molecule has 0 aromatic heterocycles. The summed E-state index contributed by atoms with van der Waals surface area (Å²) in [5.74, 6) is -0.377. The van der Waals surface area contributed by atoms with Gasteiger partial charge in [0.05, 0.1) is 26.3 Å². The van der Waals surface area contributed by atoms with Gasteiger partial charge in [-0.05, 0) is 55.9 Å². The van der Waals surface area contributed by atoms with Crippen LogP contribution >= 0.6 is 0 Å². The Hall–Kier alpha value is -2.32. The van der Waals surface area contributed by atoms with Crippen LogP contribution in [-0.4, -0.2) is 38.9 Å². The molecule has 5 aliphatic rings. The van der Waals surface area contributed by atoms with Crippen molar-refractivity contribution in [1.29, 1.82) is 0 Å². The van der Waals surface area contributed by atoms with E-state index in [1.165, 1.54) is 0 Å². The highest BCUT2D eigenvalue weighted by Crippen LogP contribution is 2.80. The van der Waals surface area contributed by atoms with Crippen LogP contribution in [0.15, 0.2) is 92.8 Å².